The summed E-state index contributed by atoms with van der Waals surface area (Å²) in [7, 11) is 0. The van der Waals surface area contributed by atoms with Crippen LogP contribution in [0.1, 0.15) is 74.8 Å². The smallest absolute Gasteiger partial charge is 0.313 e. The predicted molar refractivity (Wildman–Crippen MR) is 158 cm³/mol. The molecule has 3 aromatic carbocycles. The van der Waals surface area contributed by atoms with Crippen LogP contribution in [0.25, 0.3) is 0 Å². The fourth-order valence-electron chi connectivity index (χ4n) is 5.52. The van der Waals surface area contributed by atoms with Crippen LogP contribution in [0.3, 0.4) is 0 Å². The van der Waals surface area contributed by atoms with Gasteiger partial charge >= 0.3 is 5.97 Å². The predicted octanol–water partition coefficient (Wildman–Crippen LogP) is 6.04. The number of carboxylic acid groups (broad SMARTS) is 1. The van der Waals surface area contributed by atoms with Crippen molar-refractivity contribution in [2.45, 2.75) is 63.6 Å². The third kappa shape index (κ3) is 7.37. The molecular weight excluding hydrogens is 500 g/mol. The average Bonchev–Trinajstić information content (AvgIpc) is 2.98. The number of hydrogen-bond donors (Lipinski definition) is 3. The van der Waals surface area contributed by atoms with E-state index in [1.54, 1.807) is 32.0 Å². The van der Waals surface area contributed by atoms with Gasteiger partial charge in [0.15, 0.2) is 0 Å². The topological polar surface area (TPSA) is 105 Å². The Morgan fingerprint density at radius 1 is 0.925 bits per heavy atom. The fraction of sp³-hybridized carbons (Fsp3) is 0.412. The first-order valence-electron chi connectivity index (χ1n) is 14.0. The van der Waals surface area contributed by atoms with Crippen molar-refractivity contribution in [3.63, 3.8) is 0 Å². The summed E-state index contributed by atoms with van der Waals surface area (Å²) in [6, 6.07) is 29.1. The third-order valence-corrected chi connectivity index (χ3v) is 8.11. The molecule has 1 atom stereocenters. The van der Waals surface area contributed by atoms with Crippen molar-refractivity contribution in [3.05, 3.63) is 107 Å². The van der Waals surface area contributed by atoms with Crippen molar-refractivity contribution in [2.75, 3.05) is 19.6 Å². The summed E-state index contributed by atoms with van der Waals surface area (Å²) in [5.74, 6) is -0.733. The Hall–Kier alpha value is -3.50. The SMILES string of the molecule is CC#N.CC(C)(C(=O)O)c1ccc(C(O)CCCN2CCC(C(O)(c3ccccc3)c3ccccc3)CC2)cc1. The first-order chi connectivity index (χ1) is 19.1. The minimum atomic E-state index is -1.01. The zero-order valence-electron chi connectivity index (χ0n) is 23.8. The molecule has 0 saturated carbocycles. The monoisotopic (exact) mass is 542 g/mol. The van der Waals surface area contributed by atoms with Crippen LogP contribution in [-0.2, 0) is 15.8 Å². The lowest BCUT2D eigenvalue weighted by Gasteiger charge is -2.42. The Morgan fingerprint density at radius 2 is 1.40 bits per heavy atom. The van der Waals surface area contributed by atoms with Crippen LogP contribution in [0, 0.1) is 17.2 Å². The van der Waals surface area contributed by atoms with Crippen molar-refractivity contribution >= 4 is 5.97 Å². The number of aliphatic carboxylic acids is 1. The van der Waals surface area contributed by atoms with Gasteiger partial charge in [0.05, 0.1) is 17.6 Å². The fourth-order valence-corrected chi connectivity index (χ4v) is 5.52. The van der Waals surface area contributed by atoms with Gasteiger partial charge in [0.2, 0.25) is 0 Å². The normalized spacial score (nSPS) is 15.4. The van der Waals surface area contributed by atoms with E-state index in [9.17, 15) is 20.1 Å². The maximum atomic E-state index is 12.1. The lowest BCUT2D eigenvalue weighted by molar-refractivity contribution is -0.142. The van der Waals surface area contributed by atoms with Gasteiger partial charge in [0, 0.05) is 6.92 Å². The van der Waals surface area contributed by atoms with Crippen LogP contribution in [-0.4, -0.2) is 45.8 Å². The van der Waals surface area contributed by atoms with Crippen molar-refractivity contribution in [1.29, 1.82) is 5.26 Å². The van der Waals surface area contributed by atoms with E-state index in [1.165, 1.54) is 6.92 Å². The molecule has 0 bridgehead atoms. The van der Waals surface area contributed by atoms with Gasteiger partial charge in [-0.15, -0.1) is 0 Å². The molecule has 0 aromatic heterocycles. The molecule has 1 aliphatic heterocycles. The summed E-state index contributed by atoms with van der Waals surface area (Å²) >= 11 is 0. The average molecular weight is 543 g/mol. The lowest BCUT2D eigenvalue weighted by Crippen LogP contribution is -2.44. The second kappa shape index (κ2) is 14.2. The molecule has 3 aromatic rings. The zero-order valence-corrected chi connectivity index (χ0v) is 23.8. The number of nitriles is 1. The number of likely N-dealkylation sites (tertiary alicyclic amines) is 1. The highest BCUT2D eigenvalue weighted by Gasteiger charge is 2.41. The molecule has 0 amide bonds. The van der Waals surface area contributed by atoms with E-state index in [1.807, 2.05) is 72.8 Å². The number of nitrogens with zero attached hydrogens (tertiary/aromatic N) is 2. The van der Waals surface area contributed by atoms with Gasteiger partial charge in [-0.1, -0.05) is 84.9 Å². The van der Waals surface area contributed by atoms with E-state index in [4.69, 9.17) is 5.26 Å². The van der Waals surface area contributed by atoms with Gasteiger partial charge in [0.1, 0.15) is 5.60 Å². The van der Waals surface area contributed by atoms with Crippen LogP contribution >= 0.6 is 0 Å². The number of rotatable bonds is 10. The molecular formula is C34H42N2O4. The Balaban J connectivity index is 0.00000141. The van der Waals surface area contributed by atoms with Crippen molar-refractivity contribution in [3.8, 4) is 6.07 Å². The molecule has 1 unspecified atom stereocenters. The zero-order chi connectivity index (χ0) is 29.2. The van der Waals surface area contributed by atoms with Crippen molar-refractivity contribution in [2.24, 2.45) is 5.92 Å². The molecule has 212 valence electrons. The maximum Gasteiger partial charge on any atom is 0.313 e. The Kier molecular flexibility index (Phi) is 11.0. The molecule has 0 aliphatic carbocycles. The molecule has 0 radical (unpaired) electrons. The second-order valence-electron chi connectivity index (χ2n) is 11.0. The summed E-state index contributed by atoms with van der Waals surface area (Å²) < 4.78 is 0. The number of benzene rings is 3. The van der Waals surface area contributed by atoms with Crippen LogP contribution in [0.2, 0.25) is 0 Å². The molecule has 6 nitrogen and oxygen atoms in total. The number of aliphatic hydroxyl groups is 2. The highest BCUT2D eigenvalue weighted by atomic mass is 16.4. The Labute approximate surface area is 238 Å². The molecule has 3 N–H and O–H groups in total. The summed E-state index contributed by atoms with van der Waals surface area (Å²) in [4.78, 5) is 13.9. The molecule has 6 heteroatoms. The molecule has 1 fully saturated rings. The summed E-state index contributed by atoms with van der Waals surface area (Å²) in [5, 5.41) is 39.5. The van der Waals surface area contributed by atoms with Crippen LogP contribution in [0.15, 0.2) is 84.9 Å². The van der Waals surface area contributed by atoms with Crippen LogP contribution in [0.5, 0.6) is 0 Å². The van der Waals surface area contributed by atoms with Crippen LogP contribution in [0.4, 0.5) is 0 Å². The number of hydrogen-bond acceptors (Lipinski definition) is 5. The van der Waals surface area contributed by atoms with E-state index in [0.29, 0.717) is 6.42 Å². The molecule has 40 heavy (non-hydrogen) atoms. The van der Waals surface area contributed by atoms with Gasteiger partial charge in [-0.05, 0) is 87.3 Å². The Morgan fingerprint density at radius 3 is 1.85 bits per heavy atom. The molecule has 1 aliphatic rings. The van der Waals surface area contributed by atoms with Gasteiger partial charge in [-0.3, -0.25) is 4.79 Å². The Bertz CT molecular complexity index is 1190. The van der Waals surface area contributed by atoms with Gasteiger partial charge in [0.25, 0.3) is 0 Å². The highest BCUT2D eigenvalue weighted by molar-refractivity contribution is 5.80. The van der Waals surface area contributed by atoms with Crippen LogP contribution < -0.4 is 0 Å². The number of aliphatic hydroxyl groups excluding tert-OH is 1. The minimum absolute atomic E-state index is 0.132. The van der Waals surface area contributed by atoms with Gasteiger partial charge in [-0.2, -0.15) is 5.26 Å². The van der Waals surface area contributed by atoms with E-state index in [-0.39, 0.29) is 5.92 Å². The lowest BCUT2D eigenvalue weighted by atomic mass is 9.72. The number of carbonyl (C=O) groups is 1. The highest BCUT2D eigenvalue weighted by Crippen LogP contribution is 2.42. The minimum Gasteiger partial charge on any atom is -0.481 e. The molecule has 1 heterocycles. The third-order valence-electron chi connectivity index (χ3n) is 8.11. The largest absolute Gasteiger partial charge is 0.481 e. The van der Waals surface area contributed by atoms with E-state index >= 15 is 0 Å². The number of piperidine rings is 1. The molecule has 1 saturated heterocycles. The molecule has 4 rings (SSSR count). The van der Waals surface area contributed by atoms with Crippen molar-refractivity contribution < 1.29 is 20.1 Å². The van der Waals surface area contributed by atoms with Crippen molar-refractivity contribution in [1.82, 2.24) is 4.90 Å². The first-order valence-corrected chi connectivity index (χ1v) is 14.0. The summed E-state index contributed by atoms with van der Waals surface area (Å²) in [5.41, 5.74) is 1.47. The number of carboxylic acids is 1. The second-order valence-corrected chi connectivity index (χ2v) is 11.0. The summed E-state index contributed by atoms with van der Waals surface area (Å²) in [6.07, 6.45) is 2.77. The van der Waals surface area contributed by atoms with E-state index < -0.39 is 23.1 Å². The molecule has 0 spiro atoms. The standard InChI is InChI=1S/C32H39NO4.C2H3N/c1-31(2,30(35)36)25-17-15-24(16-18-25)29(34)14-9-21-33-22-19-28(20-23-33)32(37,26-10-5-3-6-11-26)27-12-7-4-8-13-27;1-2-3/h3-8,10-13,15-18,28-29,34,37H,9,14,19-23H2,1-2H3,(H,35,36);1H3. The first kappa shape index (κ1) is 31.0. The summed E-state index contributed by atoms with van der Waals surface area (Å²) in [6.45, 7) is 7.54. The van der Waals surface area contributed by atoms with Gasteiger partial charge < -0.3 is 20.2 Å². The van der Waals surface area contributed by atoms with E-state index in [0.717, 1.165) is 61.2 Å². The maximum absolute atomic E-state index is 12.1. The quantitative estimate of drug-likeness (QED) is 0.289. The van der Waals surface area contributed by atoms with Gasteiger partial charge in [-0.25, -0.2) is 0 Å². The van der Waals surface area contributed by atoms with E-state index in [2.05, 4.69) is 4.90 Å².